The molecule has 6 nitrogen and oxygen atoms in total. The standard InChI is InChI=1S/C28H38N4O2S/c1-22-6-8-25(9-7-22)35(33,34)26(14-20-27(31-4)16-10-23(29-2)11-17-27)15-21-28(32-5)18-12-24(30-3)13-19-28/h6-16,18,20-21,26,29-32H,17,19H2,1-5H3/b20-14+,21-15+/t26?,27-,28+. The summed E-state index contributed by atoms with van der Waals surface area (Å²) in [5.74, 6) is 0. The number of rotatable bonds is 10. The molecule has 0 aliphatic heterocycles. The second-order valence-electron chi connectivity index (χ2n) is 9.02. The number of benzene rings is 1. The summed E-state index contributed by atoms with van der Waals surface area (Å²) in [6.07, 6.45) is 21.3. The molecule has 0 aromatic heterocycles. The Kier molecular flexibility index (Phi) is 8.59. The van der Waals surface area contributed by atoms with E-state index in [-0.39, 0.29) is 0 Å². The van der Waals surface area contributed by atoms with Crippen LogP contribution in [-0.4, -0.2) is 52.9 Å². The van der Waals surface area contributed by atoms with Crippen LogP contribution in [0, 0.1) is 6.92 Å². The summed E-state index contributed by atoms with van der Waals surface area (Å²) in [6, 6.07) is 7.05. The van der Waals surface area contributed by atoms with Gasteiger partial charge in [-0.15, -0.1) is 0 Å². The van der Waals surface area contributed by atoms with Crippen molar-refractivity contribution in [3.8, 4) is 0 Å². The van der Waals surface area contributed by atoms with Crippen LogP contribution in [0.3, 0.4) is 0 Å². The molecule has 1 aromatic carbocycles. The number of likely N-dealkylation sites (N-methyl/N-ethyl adjacent to an activating group) is 4. The number of nitrogens with one attached hydrogen (secondary N) is 4. The monoisotopic (exact) mass is 494 g/mol. The molecule has 7 heteroatoms. The van der Waals surface area contributed by atoms with Gasteiger partial charge in [0, 0.05) is 25.5 Å². The molecule has 188 valence electrons. The van der Waals surface area contributed by atoms with Gasteiger partial charge in [-0.2, -0.15) is 0 Å². The molecule has 35 heavy (non-hydrogen) atoms. The van der Waals surface area contributed by atoms with Gasteiger partial charge in [-0.1, -0.05) is 66.3 Å². The Morgan fingerprint density at radius 3 is 1.60 bits per heavy atom. The fraction of sp³-hybridized carbons (Fsp3) is 0.357. The predicted molar refractivity (Wildman–Crippen MR) is 146 cm³/mol. The molecule has 0 amide bonds. The molecule has 0 saturated heterocycles. The molecule has 0 spiro atoms. The minimum Gasteiger partial charge on any atom is -0.388 e. The van der Waals surface area contributed by atoms with E-state index in [9.17, 15) is 8.42 Å². The Morgan fingerprint density at radius 2 is 1.26 bits per heavy atom. The fourth-order valence-electron chi connectivity index (χ4n) is 4.15. The van der Waals surface area contributed by atoms with Crippen LogP contribution >= 0.6 is 0 Å². The molecular formula is C28H38N4O2S. The topological polar surface area (TPSA) is 82.3 Å². The summed E-state index contributed by atoms with van der Waals surface area (Å²) < 4.78 is 27.5. The van der Waals surface area contributed by atoms with E-state index in [1.54, 1.807) is 24.3 Å². The maximum absolute atomic E-state index is 13.7. The third-order valence-corrected chi connectivity index (χ3v) is 8.78. The zero-order chi connectivity index (χ0) is 25.5. The van der Waals surface area contributed by atoms with Gasteiger partial charge >= 0.3 is 0 Å². The molecule has 0 bridgehead atoms. The van der Waals surface area contributed by atoms with Crippen LogP contribution in [0.4, 0.5) is 0 Å². The van der Waals surface area contributed by atoms with Gasteiger partial charge in [0.25, 0.3) is 0 Å². The van der Waals surface area contributed by atoms with Gasteiger partial charge in [-0.05, 0) is 58.1 Å². The van der Waals surface area contributed by atoms with Crippen molar-refractivity contribution in [3.63, 3.8) is 0 Å². The van der Waals surface area contributed by atoms with Crippen molar-refractivity contribution >= 4 is 9.84 Å². The van der Waals surface area contributed by atoms with Crippen molar-refractivity contribution in [2.45, 2.75) is 41.0 Å². The van der Waals surface area contributed by atoms with Crippen LogP contribution in [0.25, 0.3) is 0 Å². The van der Waals surface area contributed by atoms with Crippen molar-refractivity contribution in [1.82, 2.24) is 21.3 Å². The summed E-state index contributed by atoms with van der Waals surface area (Å²) in [4.78, 5) is 0.313. The Balaban J connectivity index is 1.99. The first-order chi connectivity index (χ1) is 16.7. The first-order valence-electron chi connectivity index (χ1n) is 11.9. The first-order valence-corrected chi connectivity index (χ1v) is 13.5. The summed E-state index contributed by atoms with van der Waals surface area (Å²) in [7, 11) is 3.90. The number of hydrogen-bond acceptors (Lipinski definition) is 6. The third kappa shape index (κ3) is 6.23. The van der Waals surface area contributed by atoms with E-state index in [0.29, 0.717) is 17.7 Å². The summed E-state index contributed by atoms with van der Waals surface area (Å²) >= 11 is 0. The van der Waals surface area contributed by atoms with E-state index in [1.807, 2.05) is 71.6 Å². The second-order valence-corrected chi connectivity index (χ2v) is 11.1. The van der Waals surface area contributed by atoms with Crippen LogP contribution < -0.4 is 21.3 Å². The van der Waals surface area contributed by atoms with Crippen molar-refractivity contribution < 1.29 is 8.42 Å². The van der Waals surface area contributed by atoms with Crippen molar-refractivity contribution in [2.24, 2.45) is 0 Å². The Labute approximate surface area is 210 Å². The second kappa shape index (κ2) is 11.2. The molecular weight excluding hydrogens is 456 g/mol. The Hall–Kier alpha value is -2.87. The zero-order valence-corrected chi connectivity index (χ0v) is 22.1. The van der Waals surface area contributed by atoms with Crippen LogP contribution in [0.5, 0.6) is 0 Å². The van der Waals surface area contributed by atoms with Gasteiger partial charge in [-0.3, -0.25) is 0 Å². The largest absolute Gasteiger partial charge is 0.388 e. The highest BCUT2D eigenvalue weighted by molar-refractivity contribution is 7.92. The predicted octanol–water partition coefficient (Wildman–Crippen LogP) is 3.29. The molecule has 3 rings (SSSR count). The van der Waals surface area contributed by atoms with E-state index in [2.05, 4.69) is 45.6 Å². The Bertz CT molecular complexity index is 1120. The molecule has 2 aliphatic rings. The van der Waals surface area contributed by atoms with Gasteiger partial charge in [0.2, 0.25) is 0 Å². The lowest BCUT2D eigenvalue weighted by molar-refractivity contribution is 0.530. The molecule has 0 heterocycles. The van der Waals surface area contributed by atoms with Gasteiger partial charge in [0.1, 0.15) is 5.25 Å². The molecule has 4 N–H and O–H groups in total. The van der Waals surface area contributed by atoms with Gasteiger partial charge in [0.15, 0.2) is 9.84 Å². The summed E-state index contributed by atoms with van der Waals surface area (Å²) in [5, 5.41) is 12.2. The summed E-state index contributed by atoms with van der Waals surface area (Å²) in [6.45, 7) is 1.95. The van der Waals surface area contributed by atoms with Crippen LogP contribution in [-0.2, 0) is 9.84 Å². The van der Waals surface area contributed by atoms with Crippen LogP contribution in [0.2, 0.25) is 0 Å². The smallest absolute Gasteiger partial charge is 0.188 e. The molecule has 1 aromatic rings. The lowest BCUT2D eigenvalue weighted by Crippen LogP contribution is -2.41. The van der Waals surface area contributed by atoms with E-state index >= 15 is 0 Å². The molecule has 0 saturated carbocycles. The van der Waals surface area contributed by atoms with Gasteiger partial charge < -0.3 is 21.3 Å². The average Bonchev–Trinajstić information content (AvgIpc) is 2.89. The summed E-state index contributed by atoms with van der Waals surface area (Å²) in [5.41, 5.74) is 2.20. The van der Waals surface area contributed by atoms with E-state index < -0.39 is 26.2 Å². The van der Waals surface area contributed by atoms with E-state index in [4.69, 9.17) is 0 Å². The molecule has 2 aliphatic carbocycles. The SMILES string of the molecule is CNC1=CC[C@](/C=C/C(/C=C/[C@]2(NC)C=CC(NC)=CC2)S(=O)(=O)c2ccc(C)cc2)(NC)C=C1. The van der Waals surface area contributed by atoms with Gasteiger partial charge in [0.05, 0.1) is 16.0 Å². The van der Waals surface area contributed by atoms with Crippen LogP contribution in [0.1, 0.15) is 18.4 Å². The van der Waals surface area contributed by atoms with E-state index in [1.165, 1.54) is 0 Å². The van der Waals surface area contributed by atoms with Crippen molar-refractivity contribution in [3.05, 3.63) is 102 Å². The lowest BCUT2D eigenvalue weighted by atomic mass is 9.88. The highest BCUT2D eigenvalue weighted by atomic mass is 32.2. The van der Waals surface area contributed by atoms with E-state index in [0.717, 1.165) is 17.0 Å². The average molecular weight is 495 g/mol. The fourth-order valence-corrected chi connectivity index (χ4v) is 5.55. The zero-order valence-electron chi connectivity index (χ0n) is 21.3. The number of sulfone groups is 1. The molecule has 3 atom stereocenters. The maximum Gasteiger partial charge on any atom is 0.188 e. The van der Waals surface area contributed by atoms with Gasteiger partial charge in [-0.25, -0.2) is 8.42 Å². The minimum absolute atomic E-state index is 0.313. The first kappa shape index (κ1) is 26.7. The number of hydrogen-bond donors (Lipinski definition) is 4. The molecule has 0 fully saturated rings. The maximum atomic E-state index is 13.7. The van der Waals surface area contributed by atoms with Crippen LogP contribution in [0.15, 0.2) is 101 Å². The Morgan fingerprint density at radius 1 is 0.800 bits per heavy atom. The van der Waals surface area contributed by atoms with Crippen molar-refractivity contribution in [1.29, 1.82) is 0 Å². The third-order valence-electron chi connectivity index (χ3n) is 6.82. The highest BCUT2D eigenvalue weighted by Gasteiger charge is 2.29. The highest BCUT2D eigenvalue weighted by Crippen LogP contribution is 2.27. The lowest BCUT2D eigenvalue weighted by Gasteiger charge is -2.30. The molecule has 0 radical (unpaired) electrons. The quantitative estimate of drug-likeness (QED) is 0.374. The minimum atomic E-state index is -3.65. The van der Waals surface area contributed by atoms with Crippen molar-refractivity contribution in [2.75, 3.05) is 28.2 Å². The number of aryl methyl sites for hydroxylation is 1. The normalized spacial score (nSPS) is 25.5. The molecule has 1 unspecified atom stereocenters. The number of allylic oxidation sites excluding steroid dienone is 2.